The SMILES string of the molecule is CN/C=C(\C=N)c1cc(Nc2nc(Nc3ccc4c(c3P(C)C)OCCN4C)c3cc[nH]c3n2)c(OCC(F)(F)F)cc1N1CCN(C)CC1. The Labute approximate surface area is 290 Å². The zero-order valence-corrected chi connectivity index (χ0v) is 29.6. The molecule has 2 aliphatic rings. The Balaban J connectivity index is 1.44. The van der Waals surface area contributed by atoms with Gasteiger partial charge in [-0.3, -0.25) is 0 Å². The molecule has 0 spiro atoms. The van der Waals surface area contributed by atoms with Crippen molar-refractivity contribution in [2.75, 3.05) is 101 Å². The van der Waals surface area contributed by atoms with E-state index in [1.54, 1.807) is 31.6 Å². The number of nitrogens with zero attached hydrogens (tertiary/aromatic N) is 5. The Kier molecular flexibility index (Phi) is 10.3. The molecule has 0 radical (unpaired) electrons. The van der Waals surface area contributed by atoms with Gasteiger partial charge >= 0.3 is 6.18 Å². The monoisotopic (exact) mass is 710 g/mol. The van der Waals surface area contributed by atoms with E-state index in [9.17, 15) is 13.2 Å². The molecule has 2 aliphatic heterocycles. The number of hydrogen-bond donors (Lipinski definition) is 5. The van der Waals surface area contributed by atoms with Gasteiger partial charge in [0.2, 0.25) is 5.95 Å². The lowest BCUT2D eigenvalue weighted by molar-refractivity contribution is -0.153. The van der Waals surface area contributed by atoms with Crippen LogP contribution >= 0.6 is 7.92 Å². The Hall–Kier alpha value is -4.75. The molecule has 0 bridgehead atoms. The number of rotatable bonds is 11. The van der Waals surface area contributed by atoms with Crippen LogP contribution in [0.2, 0.25) is 0 Å². The molecule has 0 amide bonds. The second kappa shape index (κ2) is 14.6. The third-order valence-corrected chi connectivity index (χ3v) is 10.00. The van der Waals surface area contributed by atoms with Crippen LogP contribution in [0.15, 0.2) is 42.7 Å². The summed E-state index contributed by atoms with van der Waals surface area (Å²) in [5.41, 5.74) is 4.47. The summed E-state index contributed by atoms with van der Waals surface area (Å²) < 4.78 is 52.2. The molecule has 1 saturated heterocycles. The number of piperazine rings is 1. The summed E-state index contributed by atoms with van der Waals surface area (Å²) in [5.74, 6) is 1.48. The number of likely N-dealkylation sites (N-methyl/N-ethyl adjacent to an activating group) is 2. The van der Waals surface area contributed by atoms with Gasteiger partial charge in [0.15, 0.2) is 12.4 Å². The van der Waals surface area contributed by atoms with Crippen molar-refractivity contribution in [2.24, 2.45) is 0 Å². The molecule has 12 nitrogen and oxygen atoms in total. The molecule has 2 aromatic heterocycles. The van der Waals surface area contributed by atoms with Crippen LogP contribution in [0.1, 0.15) is 5.56 Å². The van der Waals surface area contributed by atoms with Crippen LogP contribution < -0.4 is 40.5 Å². The Morgan fingerprint density at radius 3 is 2.52 bits per heavy atom. The van der Waals surface area contributed by atoms with Crippen molar-refractivity contribution < 1.29 is 22.6 Å². The molecule has 2 aromatic carbocycles. The average Bonchev–Trinajstić information content (AvgIpc) is 3.55. The van der Waals surface area contributed by atoms with Gasteiger partial charge in [-0.05, 0) is 44.6 Å². The molecular formula is C34H42F3N10O2P. The average molecular weight is 711 g/mol. The fourth-order valence-electron chi connectivity index (χ4n) is 6.13. The zero-order valence-electron chi connectivity index (χ0n) is 28.7. The number of ether oxygens (including phenoxy) is 2. The maximum absolute atomic E-state index is 13.5. The first-order valence-electron chi connectivity index (χ1n) is 16.2. The minimum Gasteiger partial charge on any atom is -0.489 e. The fourth-order valence-corrected chi connectivity index (χ4v) is 7.33. The summed E-state index contributed by atoms with van der Waals surface area (Å²) in [6.45, 7) is 7.12. The predicted octanol–water partition coefficient (Wildman–Crippen LogP) is 5.54. The maximum atomic E-state index is 13.5. The van der Waals surface area contributed by atoms with Crippen molar-refractivity contribution >= 4 is 70.6 Å². The van der Waals surface area contributed by atoms with Crippen molar-refractivity contribution in [1.29, 1.82) is 5.41 Å². The van der Waals surface area contributed by atoms with Gasteiger partial charge < -0.3 is 50.5 Å². The van der Waals surface area contributed by atoms with Crippen LogP contribution in [0.25, 0.3) is 16.6 Å². The van der Waals surface area contributed by atoms with Gasteiger partial charge in [0, 0.05) is 87.1 Å². The minimum atomic E-state index is -4.56. The molecule has 266 valence electrons. The highest BCUT2D eigenvalue weighted by atomic mass is 31.1. The zero-order chi connectivity index (χ0) is 35.6. The first-order valence-corrected chi connectivity index (χ1v) is 18.5. The number of aromatic amines is 1. The van der Waals surface area contributed by atoms with Crippen molar-refractivity contribution in [3.8, 4) is 11.5 Å². The molecule has 1 fully saturated rings. The Morgan fingerprint density at radius 2 is 1.82 bits per heavy atom. The van der Waals surface area contributed by atoms with Crippen LogP contribution in [0, 0.1) is 5.41 Å². The van der Waals surface area contributed by atoms with E-state index in [0.717, 1.165) is 47.4 Å². The number of hydrogen-bond acceptors (Lipinski definition) is 11. The summed E-state index contributed by atoms with van der Waals surface area (Å²) in [7, 11) is 5.21. The molecular weight excluding hydrogens is 668 g/mol. The molecule has 6 rings (SSSR count). The van der Waals surface area contributed by atoms with E-state index in [4.69, 9.17) is 19.9 Å². The van der Waals surface area contributed by atoms with E-state index >= 15 is 0 Å². The first-order chi connectivity index (χ1) is 24.0. The van der Waals surface area contributed by atoms with E-state index in [0.29, 0.717) is 48.0 Å². The van der Waals surface area contributed by atoms with Gasteiger partial charge in [-0.1, -0.05) is 7.92 Å². The smallest absolute Gasteiger partial charge is 0.422 e. The number of allylic oxidation sites excluding steroid dienone is 1. The lowest BCUT2D eigenvalue weighted by atomic mass is 10.0. The number of fused-ring (bicyclic) bond motifs is 2. The van der Waals surface area contributed by atoms with Crippen LogP contribution in [0.5, 0.6) is 11.5 Å². The molecule has 0 saturated carbocycles. The molecule has 0 unspecified atom stereocenters. The van der Waals surface area contributed by atoms with Gasteiger partial charge in [-0.15, -0.1) is 0 Å². The highest BCUT2D eigenvalue weighted by molar-refractivity contribution is 7.64. The van der Waals surface area contributed by atoms with Gasteiger partial charge in [-0.25, -0.2) is 0 Å². The Morgan fingerprint density at radius 1 is 1.04 bits per heavy atom. The van der Waals surface area contributed by atoms with Crippen molar-refractivity contribution in [3.63, 3.8) is 0 Å². The van der Waals surface area contributed by atoms with Crippen LogP contribution in [-0.2, 0) is 0 Å². The largest absolute Gasteiger partial charge is 0.489 e. The summed E-state index contributed by atoms with van der Waals surface area (Å²) >= 11 is 0. The van der Waals surface area contributed by atoms with Crippen LogP contribution in [0.4, 0.5) is 47.7 Å². The number of alkyl halides is 3. The van der Waals surface area contributed by atoms with E-state index < -0.39 is 20.7 Å². The lowest BCUT2D eigenvalue weighted by Crippen LogP contribution is -2.44. The van der Waals surface area contributed by atoms with Crippen molar-refractivity contribution in [2.45, 2.75) is 6.18 Å². The lowest BCUT2D eigenvalue weighted by Gasteiger charge is -2.35. The number of H-pyrrole nitrogens is 1. The summed E-state index contributed by atoms with van der Waals surface area (Å²) in [4.78, 5) is 19.1. The summed E-state index contributed by atoms with van der Waals surface area (Å²) in [5, 5.41) is 19.6. The molecule has 5 N–H and O–H groups in total. The summed E-state index contributed by atoms with van der Waals surface area (Å²) in [6, 6.07) is 9.22. The third-order valence-electron chi connectivity index (χ3n) is 8.66. The van der Waals surface area contributed by atoms with E-state index in [1.165, 1.54) is 6.21 Å². The minimum absolute atomic E-state index is 0.0145. The molecule has 50 heavy (non-hydrogen) atoms. The van der Waals surface area contributed by atoms with Crippen LogP contribution in [-0.4, -0.2) is 113 Å². The second-order valence-corrected chi connectivity index (χ2v) is 14.7. The standard InChI is InChI=1S/C34H42F3N10O2P/c1-39-19-21(18-38)23-16-25(28(49-20-34(35,36)37)17-27(23)47-12-10-45(2)11-13-47)42-33-43-31-22(8-9-40-31)32(44-33)41-24-6-7-26-29(30(24)50(4)5)48-15-14-46(26)3/h6-9,16-19,38-39H,10-15,20H2,1-5H3,(H3,40,41,42,43,44)/b21-19+,38-18?. The molecule has 4 heterocycles. The van der Waals surface area contributed by atoms with Gasteiger partial charge in [0.1, 0.15) is 23.8 Å². The molecule has 4 aromatic rings. The molecule has 16 heteroatoms. The highest BCUT2D eigenvalue weighted by Gasteiger charge is 2.30. The molecule has 0 aliphatic carbocycles. The predicted molar refractivity (Wildman–Crippen MR) is 198 cm³/mol. The fraction of sp³-hybridized carbons (Fsp3) is 0.382. The topological polar surface area (TPSA) is 130 Å². The van der Waals surface area contributed by atoms with Crippen molar-refractivity contribution in [1.82, 2.24) is 25.2 Å². The summed E-state index contributed by atoms with van der Waals surface area (Å²) in [6.07, 6.45) is 0.0878. The number of benzene rings is 2. The van der Waals surface area contributed by atoms with E-state index in [1.807, 2.05) is 32.3 Å². The quantitative estimate of drug-likeness (QED) is 0.1000. The maximum Gasteiger partial charge on any atom is 0.422 e. The number of anilines is 6. The van der Waals surface area contributed by atoms with Crippen molar-refractivity contribution in [3.05, 3.63) is 48.3 Å². The van der Waals surface area contributed by atoms with Gasteiger partial charge in [0.25, 0.3) is 0 Å². The molecule has 0 atom stereocenters. The number of nitrogens with one attached hydrogen (secondary N) is 5. The number of halogens is 3. The van der Waals surface area contributed by atoms with Gasteiger partial charge in [-0.2, -0.15) is 23.1 Å². The first kappa shape index (κ1) is 35.1. The highest BCUT2D eigenvalue weighted by Crippen LogP contribution is 2.43. The third kappa shape index (κ3) is 7.53. The van der Waals surface area contributed by atoms with Crippen LogP contribution in [0.3, 0.4) is 0 Å². The second-order valence-electron chi connectivity index (χ2n) is 12.5. The van der Waals surface area contributed by atoms with E-state index in [2.05, 4.69) is 53.9 Å². The van der Waals surface area contributed by atoms with E-state index in [-0.39, 0.29) is 17.4 Å². The van der Waals surface area contributed by atoms with Gasteiger partial charge in [0.05, 0.1) is 29.0 Å². The Bertz CT molecular complexity index is 1890. The number of aromatic nitrogens is 3. The normalized spacial score (nSPS) is 15.6.